The van der Waals surface area contributed by atoms with Gasteiger partial charge in [0.1, 0.15) is 11.3 Å². The summed E-state index contributed by atoms with van der Waals surface area (Å²) in [7, 11) is 0. The molecule has 0 N–H and O–H groups in total. The normalized spacial score (nSPS) is 11.4. The van der Waals surface area contributed by atoms with Crippen LogP contribution in [-0.4, -0.2) is 4.57 Å². The Bertz CT molecular complexity index is 1540. The highest BCUT2D eigenvalue weighted by Crippen LogP contribution is 2.40. The van der Waals surface area contributed by atoms with E-state index in [-0.39, 0.29) is 0 Å². The van der Waals surface area contributed by atoms with Crippen LogP contribution < -0.4 is 0 Å². The van der Waals surface area contributed by atoms with E-state index >= 15 is 0 Å². The highest BCUT2D eigenvalue weighted by molar-refractivity contribution is 6.06. The molecule has 0 fully saturated rings. The van der Waals surface area contributed by atoms with Gasteiger partial charge in [0.2, 0.25) is 0 Å². The lowest BCUT2D eigenvalue weighted by Crippen LogP contribution is -1.97. The largest absolute Gasteiger partial charge is 0.456 e. The molecule has 2 heterocycles. The number of rotatable bonds is 4. The van der Waals surface area contributed by atoms with Crippen molar-refractivity contribution in [2.24, 2.45) is 0 Å². The van der Waals surface area contributed by atoms with Crippen molar-refractivity contribution in [3.63, 3.8) is 0 Å². The zero-order valence-corrected chi connectivity index (χ0v) is 18.0. The summed E-state index contributed by atoms with van der Waals surface area (Å²) < 4.78 is 8.64. The molecule has 2 heteroatoms. The van der Waals surface area contributed by atoms with Gasteiger partial charge in [0, 0.05) is 40.2 Å². The van der Waals surface area contributed by atoms with Crippen LogP contribution in [0.15, 0.2) is 114 Å². The van der Waals surface area contributed by atoms with Crippen molar-refractivity contribution in [1.82, 2.24) is 4.57 Å². The van der Waals surface area contributed by atoms with Crippen LogP contribution in [-0.2, 0) is 6.54 Å². The molecule has 6 rings (SSSR count). The van der Waals surface area contributed by atoms with E-state index in [1.54, 1.807) is 0 Å². The van der Waals surface area contributed by atoms with Gasteiger partial charge in [-0.1, -0.05) is 84.9 Å². The van der Waals surface area contributed by atoms with Gasteiger partial charge in [-0.2, -0.15) is 0 Å². The monoisotopic (exact) mass is 413 g/mol. The molecule has 154 valence electrons. The molecule has 0 bridgehead atoms. The molecule has 0 aliphatic carbocycles. The molecule has 0 saturated heterocycles. The zero-order chi connectivity index (χ0) is 21.5. The highest BCUT2D eigenvalue weighted by atomic mass is 16.3. The van der Waals surface area contributed by atoms with Crippen LogP contribution in [0.2, 0.25) is 0 Å². The van der Waals surface area contributed by atoms with Gasteiger partial charge >= 0.3 is 0 Å². The van der Waals surface area contributed by atoms with Gasteiger partial charge in [-0.15, -0.1) is 0 Å². The van der Waals surface area contributed by atoms with Gasteiger partial charge in [-0.05, 0) is 41.8 Å². The summed E-state index contributed by atoms with van der Waals surface area (Å²) in [6, 6.07) is 36.1. The van der Waals surface area contributed by atoms with Crippen molar-refractivity contribution in [2.45, 2.75) is 13.5 Å². The molecule has 0 spiro atoms. The maximum Gasteiger partial charge on any atom is 0.135 e. The molecular weight excluding hydrogens is 390 g/mol. The van der Waals surface area contributed by atoms with Crippen LogP contribution in [0, 0.1) is 6.92 Å². The van der Waals surface area contributed by atoms with E-state index in [1.165, 1.54) is 33.2 Å². The number of furan rings is 1. The van der Waals surface area contributed by atoms with Crippen LogP contribution in [0.5, 0.6) is 0 Å². The Hall–Kier alpha value is -4.04. The SMILES string of the molecule is Cc1ccc2oc(-c3ccccc3)cc2c1-c1cn(Cc2ccccc2)c2ccccc12. The van der Waals surface area contributed by atoms with E-state index in [1.807, 2.05) is 18.2 Å². The van der Waals surface area contributed by atoms with Crippen LogP contribution in [0.4, 0.5) is 0 Å². The minimum atomic E-state index is 0.844. The second kappa shape index (κ2) is 7.58. The first-order valence-corrected chi connectivity index (χ1v) is 11.0. The zero-order valence-electron chi connectivity index (χ0n) is 18.0. The fraction of sp³-hybridized carbons (Fsp3) is 0.0667. The molecule has 0 amide bonds. The number of para-hydroxylation sites is 1. The first-order valence-electron chi connectivity index (χ1n) is 11.0. The van der Waals surface area contributed by atoms with Crippen LogP contribution in [0.1, 0.15) is 11.1 Å². The predicted octanol–water partition coefficient (Wildman–Crippen LogP) is 8.08. The van der Waals surface area contributed by atoms with Gasteiger partial charge in [0.05, 0.1) is 0 Å². The Morgan fingerprint density at radius 2 is 1.44 bits per heavy atom. The highest BCUT2D eigenvalue weighted by Gasteiger charge is 2.17. The van der Waals surface area contributed by atoms with Crippen molar-refractivity contribution in [3.05, 3.63) is 120 Å². The lowest BCUT2D eigenvalue weighted by molar-refractivity contribution is 0.631. The summed E-state index contributed by atoms with van der Waals surface area (Å²) in [6.45, 7) is 3.03. The van der Waals surface area contributed by atoms with Crippen LogP contribution in [0.3, 0.4) is 0 Å². The van der Waals surface area contributed by atoms with E-state index in [4.69, 9.17) is 4.42 Å². The molecule has 0 atom stereocenters. The Morgan fingerprint density at radius 1 is 0.719 bits per heavy atom. The summed E-state index contributed by atoms with van der Waals surface area (Å²) in [4.78, 5) is 0. The predicted molar refractivity (Wildman–Crippen MR) is 133 cm³/mol. The summed E-state index contributed by atoms with van der Waals surface area (Å²) in [5, 5.41) is 2.42. The van der Waals surface area contributed by atoms with E-state index in [2.05, 4.69) is 103 Å². The molecule has 2 aromatic heterocycles. The average Bonchev–Trinajstić information content (AvgIpc) is 3.43. The number of aryl methyl sites for hydroxylation is 1. The van der Waals surface area contributed by atoms with Gasteiger partial charge < -0.3 is 8.98 Å². The van der Waals surface area contributed by atoms with Crippen molar-refractivity contribution < 1.29 is 4.42 Å². The third kappa shape index (κ3) is 3.12. The van der Waals surface area contributed by atoms with Crippen molar-refractivity contribution in [2.75, 3.05) is 0 Å². The number of benzene rings is 4. The summed E-state index contributed by atoms with van der Waals surface area (Å²) in [5.41, 5.74) is 8.30. The Labute approximate surface area is 187 Å². The number of nitrogens with zero attached hydrogens (tertiary/aromatic N) is 1. The molecule has 4 aromatic carbocycles. The van der Waals surface area contributed by atoms with Crippen molar-refractivity contribution in [1.29, 1.82) is 0 Å². The van der Waals surface area contributed by atoms with Gasteiger partial charge in [-0.25, -0.2) is 0 Å². The first kappa shape index (κ1) is 18.7. The molecule has 0 aliphatic rings. The fourth-order valence-electron chi connectivity index (χ4n) is 4.68. The third-order valence-corrected chi connectivity index (χ3v) is 6.22. The van der Waals surface area contributed by atoms with Crippen LogP contribution >= 0.6 is 0 Å². The minimum absolute atomic E-state index is 0.844. The molecule has 0 aliphatic heterocycles. The lowest BCUT2D eigenvalue weighted by atomic mass is 9.96. The number of aromatic nitrogens is 1. The topological polar surface area (TPSA) is 18.1 Å². The molecule has 2 nitrogen and oxygen atoms in total. The van der Waals surface area contributed by atoms with Crippen molar-refractivity contribution in [3.8, 4) is 22.5 Å². The smallest absolute Gasteiger partial charge is 0.135 e. The third-order valence-electron chi connectivity index (χ3n) is 6.22. The molecule has 0 radical (unpaired) electrons. The van der Waals surface area contributed by atoms with Crippen LogP contribution in [0.25, 0.3) is 44.3 Å². The summed E-state index contributed by atoms with van der Waals surface area (Å²) >= 11 is 0. The first-order chi connectivity index (χ1) is 15.8. The number of hydrogen-bond acceptors (Lipinski definition) is 1. The van der Waals surface area contributed by atoms with E-state index in [0.717, 1.165) is 28.8 Å². The maximum absolute atomic E-state index is 6.28. The molecule has 32 heavy (non-hydrogen) atoms. The van der Waals surface area contributed by atoms with E-state index in [9.17, 15) is 0 Å². The van der Waals surface area contributed by atoms with Crippen molar-refractivity contribution >= 4 is 21.9 Å². The lowest BCUT2D eigenvalue weighted by Gasteiger charge is -2.06. The number of hydrogen-bond donors (Lipinski definition) is 0. The summed E-state index contributed by atoms with van der Waals surface area (Å²) in [5.74, 6) is 0.903. The fourth-order valence-corrected chi connectivity index (χ4v) is 4.68. The molecular formula is C30H23NO. The number of fused-ring (bicyclic) bond motifs is 2. The Balaban J connectivity index is 1.57. The minimum Gasteiger partial charge on any atom is -0.456 e. The van der Waals surface area contributed by atoms with Gasteiger partial charge in [0.15, 0.2) is 0 Å². The second-order valence-electron chi connectivity index (χ2n) is 8.32. The molecule has 6 aromatic rings. The van der Waals surface area contributed by atoms with E-state index in [0.29, 0.717) is 0 Å². The second-order valence-corrected chi connectivity index (χ2v) is 8.32. The van der Waals surface area contributed by atoms with Gasteiger partial charge in [0.25, 0.3) is 0 Å². The van der Waals surface area contributed by atoms with Gasteiger partial charge in [-0.3, -0.25) is 0 Å². The Morgan fingerprint density at radius 3 is 2.25 bits per heavy atom. The summed E-state index contributed by atoms with van der Waals surface area (Å²) in [6.07, 6.45) is 2.30. The molecule has 0 saturated carbocycles. The standard InChI is InChI=1S/C30H23NO/c1-21-16-17-28-25(18-29(32-28)23-12-6-3-7-13-23)30(21)26-20-31(19-22-10-4-2-5-11-22)27-15-9-8-14-24(26)27/h2-18,20H,19H2,1H3. The quantitative estimate of drug-likeness (QED) is 0.286. The maximum atomic E-state index is 6.28. The van der Waals surface area contributed by atoms with E-state index < -0.39 is 0 Å². The molecule has 0 unspecified atom stereocenters. The average molecular weight is 414 g/mol. The Kier molecular flexibility index (Phi) is 4.43.